The van der Waals surface area contributed by atoms with E-state index in [1.807, 2.05) is 27.8 Å². The normalized spacial score (nSPS) is 18.3. The molecule has 1 heterocycles. The number of hydrogen-bond acceptors (Lipinski definition) is 2. The Morgan fingerprint density at radius 3 is 2.41 bits per heavy atom. The molecule has 1 atom stereocenters. The van der Waals surface area contributed by atoms with E-state index < -0.39 is 5.97 Å². The number of fused-ring (bicyclic) bond motifs is 1. The summed E-state index contributed by atoms with van der Waals surface area (Å²) in [7, 11) is 1.95. The quantitative estimate of drug-likeness (QED) is 0.637. The molecule has 1 aliphatic heterocycles. The van der Waals surface area contributed by atoms with Gasteiger partial charge in [-0.05, 0) is 24.6 Å². The molecule has 0 aromatic heterocycles. The van der Waals surface area contributed by atoms with Gasteiger partial charge in [0, 0.05) is 24.0 Å². The molecule has 0 saturated carbocycles. The highest BCUT2D eigenvalue weighted by atomic mass is 19.1. The van der Waals surface area contributed by atoms with Crippen molar-refractivity contribution in [2.75, 3.05) is 7.05 Å². The third-order valence-electron chi connectivity index (χ3n) is 5.63. The predicted molar refractivity (Wildman–Crippen MR) is 113 cm³/mol. The molecule has 29 heavy (non-hydrogen) atoms. The van der Waals surface area contributed by atoms with Crippen LogP contribution in [0.15, 0.2) is 48.2 Å². The molecule has 2 aromatic carbocycles. The second kappa shape index (κ2) is 7.91. The lowest BCUT2D eigenvalue weighted by molar-refractivity contribution is -0.116. The molecule has 0 spiro atoms. The number of nitrogens with zero attached hydrogens (tertiary/aromatic N) is 1. The zero-order chi connectivity index (χ0) is 21.3. The van der Waals surface area contributed by atoms with E-state index in [4.69, 9.17) is 0 Å². The van der Waals surface area contributed by atoms with Gasteiger partial charge in [-0.1, -0.05) is 39.0 Å². The van der Waals surface area contributed by atoms with Gasteiger partial charge in [-0.25, -0.2) is 9.18 Å². The molecule has 0 bridgehead atoms. The van der Waals surface area contributed by atoms with E-state index in [2.05, 4.69) is 0 Å². The summed E-state index contributed by atoms with van der Waals surface area (Å²) >= 11 is 0. The van der Waals surface area contributed by atoms with E-state index in [9.17, 15) is 19.1 Å². The fourth-order valence-corrected chi connectivity index (χ4v) is 4.15. The van der Waals surface area contributed by atoms with E-state index in [-0.39, 0.29) is 27.6 Å². The number of ketones is 1. The number of halogens is 1. The van der Waals surface area contributed by atoms with Crippen molar-refractivity contribution in [2.45, 2.75) is 40.2 Å². The van der Waals surface area contributed by atoms with Gasteiger partial charge in [0.2, 0.25) is 0 Å². The Morgan fingerprint density at radius 2 is 1.83 bits per heavy atom. The van der Waals surface area contributed by atoms with Gasteiger partial charge < -0.3 is 5.11 Å². The third kappa shape index (κ3) is 3.62. The zero-order valence-electron chi connectivity index (χ0n) is 17.3. The molecule has 1 aliphatic rings. The van der Waals surface area contributed by atoms with Crippen LogP contribution in [0.3, 0.4) is 0 Å². The fraction of sp³-hybridized carbons (Fsp3) is 0.333. The lowest BCUT2D eigenvalue weighted by Crippen LogP contribution is -2.42. The van der Waals surface area contributed by atoms with Crippen LogP contribution in [0, 0.1) is 11.7 Å². The Labute approximate surface area is 170 Å². The molecule has 4 nitrogen and oxygen atoms in total. The topological polar surface area (TPSA) is 54.4 Å². The van der Waals surface area contributed by atoms with Gasteiger partial charge in [0.1, 0.15) is 23.7 Å². The number of aromatic carboxylic acids is 1. The van der Waals surface area contributed by atoms with Gasteiger partial charge >= 0.3 is 5.97 Å². The minimum Gasteiger partial charge on any atom is -0.478 e. The van der Waals surface area contributed by atoms with Crippen LogP contribution >= 0.6 is 0 Å². The Morgan fingerprint density at radius 1 is 1.14 bits per heavy atom. The average Bonchev–Trinajstić information content (AvgIpc) is 2.91. The van der Waals surface area contributed by atoms with Crippen LogP contribution in [-0.4, -0.2) is 23.9 Å². The zero-order valence-corrected chi connectivity index (χ0v) is 17.3. The van der Waals surface area contributed by atoms with E-state index >= 15 is 0 Å². The summed E-state index contributed by atoms with van der Waals surface area (Å²) in [5.41, 5.74) is 3.78. The van der Waals surface area contributed by atoms with E-state index in [1.165, 1.54) is 12.1 Å². The van der Waals surface area contributed by atoms with E-state index in [1.54, 1.807) is 30.3 Å². The van der Waals surface area contributed by atoms with Crippen LogP contribution in [0.4, 0.5) is 10.1 Å². The Kier molecular flexibility index (Phi) is 5.71. The summed E-state index contributed by atoms with van der Waals surface area (Å²) in [4.78, 5) is 24.8. The van der Waals surface area contributed by atoms with Crippen LogP contribution in [0.2, 0.25) is 0 Å². The molecule has 0 fully saturated rings. The van der Waals surface area contributed by atoms with Crippen molar-refractivity contribution < 1.29 is 19.1 Å². The number of carboxylic acid groups (broad SMARTS) is 1. The largest absolute Gasteiger partial charge is 0.478 e. The van der Waals surface area contributed by atoms with E-state index in [0.29, 0.717) is 24.1 Å². The monoisotopic (exact) mass is 396 g/mol. The summed E-state index contributed by atoms with van der Waals surface area (Å²) in [5.74, 6) is -1.48. The lowest BCUT2D eigenvalue weighted by Gasteiger charge is -2.33. The first-order valence-electron chi connectivity index (χ1n) is 9.95. The number of carbonyl (C=O) groups is 2. The van der Waals surface area contributed by atoms with Gasteiger partial charge in [0.05, 0.1) is 23.7 Å². The molecule has 0 saturated heterocycles. The van der Waals surface area contributed by atoms with Crippen molar-refractivity contribution in [1.82, 2.24) is 4.48 Å². The van der Waals surface area contributed by atoms with E-state index in [0.717, 1.165) is 23.4 Å². The molecule has 0 aliphatic carbocycles. The van der Waals surface area contributed by atoms with Crippen molar-refractivity contribution in [3.63, 3.8) is 0 Å². The molecule has 5 heteroatoms. The summed E-state index contributed by atoms with van der Waals surface area (Å²) in [5, 5.41) is 9.51. The summed E-state index contributed by atoms with van der Waals surface area (Å²) in [6, 6.07) is 11.5. The van der Waals surface area contributed by atoms with Crippen LogP contribution in [-0.2, 0) is 11.3 Å². The SMILES string of the molecule is CCCC1=C(C(=O)C(C)C)c2ccc(C(=O)O)cc2[N+]1(C)Cc1ccccc1F. The van der Waals surface area contributed by atoms with Gasteiger partial charge in [-0.2, -0.15) is 0 Å². The second-order valence-corrected chi connectivity index (χ2v) is 8.07. The number of Topliss-reactive ketones (excluding diaryl/α,β-unsaturated/α-hetero) is 1. The molecule has 1 unspecified atom stereocenters. The van der Waals surface area contributed by atoms with Gasteiger partial charge in [-0.3, -0.25) is 9.28 Å². The second-order valence-electron chi connectivity index (χ2n) is 8.07. The van der Waals surface area contributed by atoms with Gasteiger partial charge in [0.15, 0.2) is 5.78 Å². The first kappa shape index (κ1) is 20.9. The summed E-state index contributed by atoms with van der Waals surface area (Å²) in [6.45, 7) is 6.09. The Hall–Kier alpha value is -2.79. The highest BCUT2D eigenvalue weighted by molar-refractivity contribution is 6.25. The molecule has 1 N–H and O–H groups in total. The average molecular weight is 396 g/mol. The van der Waals surface area contributed by atoms with Crippen LogP contribution < -0.4 is 4.48 Å². The van der Waals surface area contributed by atoms with Crippen LogP contribution in [0.25, 0.3) is 5.57 Å². The Bertz CT molecular complexity index is 1010. The number of carboxylic acids is 1. The third-order valence-corrected chi connectivity index (χ3v) is 5.63. The molecular formula is C24H27FNO3+. The highest BCUT2D eigenvalue weighted by Gasteiger charge is 2.45. The van der Waals surface area contributed by atoms with Crippen molar-refractivity contribution in [3.05, 3.63) is 70.7 Å². The standard InChI is InChI=1S/C24H26FNO3/c1-5-8-20-22(23(27)15(2)3)18-12-11-16(24(28)29)13-21(18)26(20,4)14-17-9-6-7-10-19(17)25/h6-7,9-13,15H,5,8,14H2,1-4H3/p+1. The van der Waals surface area contributed by atoms with Crippen molar-refractivity contribution in [2.24, 2.45) is 5.92 Å². The van der Waals surface area contributed by atoms with Gasteiger partial charge in [0.25, 0.3) is 0 Å². The molecule has 152 valence electrons. The molecule has 0 amide bonds. The number of benzene rings is 2. The minimum atomic E-state index is -1.02. The first-order valence-corrected chi connectivity index (χ1v) is 9.95. The number of hydrogen-bond donors (Lipinski definition) is 1. The van der Waals surface area contributed by atoms with Crippen LogP contribution in [0.5, 0.6) is 0 Å². The van der Waals surface area contributed by atoms with Crippen molar-refractivity contribution in [1.29, 1.82) is 0 Å². The first-order chi connectivity index (χ1) is 13.7. The Balaban J connectivity index is 2.28. The molecule has 0 radical (unpaired) electrons. The number of allylic oxidation sites excluding steroid dienone is 2. The summed E-state index contributed by atoms with van der Waals surface area (Å²) < 4.78 is 14.7. The van der Waals surface area contributed by atoms with Crippen LogP contribution in [0.1, 0.15) is 55.1 Å². The smallest absolute Gasteiger partial charge is 0.335 e. The molecular weight excluding hydrogens is 369 g/mol. The molecule has 3 rings (SSSR count). The maximum absolute atomic E-state index is 14.5. The fourth-order valence-electron chi connectivity index (χ4n) is 4.15. The van der Waals surface area contributed by atoms with Crippen molar-refractivity contribution in [3.8, 4) is 0 Å². The number of rotatable bonds is 7. The van der Waals surface area contributed by atoms with Crippen molar-refractivity contribution >= 4 is 23.0 Å². The highest BCUT2D eigenvalue weighted by Crippen LogP contribution is 2.48. The number of carbonyl (C=O) groups excluding carboxylic acids is 1. The predicted octanol–water partition coefficient (Wildman–Crippen LogP) is 5.41. The minimum absolute atomic E-state index is 0.0353. The number of quaternary nitrogens is 1. The maximum Gasteiger partial charge on any atom is 0.335 e. The maximum atomic E-state index is 14.5. The van der Waals surface area contributed by atoms with Gasteiger partial charge in [-0.15, -0.1) is 0 Å². The summed E-state index contributed by atoms with van der Waals surface area (Å²) in [6.07, 6.45) is 1.50. The molecule has 2 aromatic rings. The lowest BCUT2D eigenvalue weighted by atomic mass is 9.93.